The zero-order valence-electron chi connectivity index (χ0n) is 17.4. The highest BCUT2D eigenvalue weighted by atomic mass is 16.2. The molecule has 0 spiro atoms. The molecule has 9 nitrogen and oxygen atoms in total. The Morgan fingerprint density at radius 2 is 1.58 bits per heavy atom. The molecule has 2 heterocycles. The second-order valence-electron chi connectivity index (χ2n) is 7.38. The van der Waals surface area contributed by atoms with E-state index in [4.69, 9.17) is 0 Å². The van der Waals surface area contributed by atoms with Gasteiger partial charge in [-0.15, -0.1) is 10.2 Å². The molecule has 2 amide bonds. The number of carbonyl (C=O) groups is 2. The molecule has 5 rings (SSSR count). The molecule has 3 aromatic carbocycles. The summed E-state index contributed by atoms with van der Waals surface area (Å²) in [6, 6.07) is 25.9. The predicted molar refractivity (Wildman–Crippen MR) is 122 cm³/mol. The Balaban J connectivity index is 1.18. The standard InChI is InChI=1S/C24H19N7O2/c32-23(27-28-24(33)21-14-19-8-4-5-9-20(19)25-21)18-12-10-16(11-13-18)15-31-29-22(26-30-31)17-6-2-1-3-7-17/h1-14,25H,15H2,(H,27,32)(H,28,33). The van der Waals surface area contributed by atoms with E-state index in [1.54, 1.807) is 30.3 Å². The number of H-pyrrole nitrogens is 1. The van der Waals surface area contributed by atoms with Crippen molar-refractivity contribution in [3.63, 3.8) is 0 Å². The number of nitrogens with zero attached hydrogens (tertiary/aromatic N) is 4. The summed E-state index contributed by atoms with van der Waals surface area (Å²) in [5.74, 6) is -0.295. The zero-order chi connectivity index (χ0) is 22.6. The number of fused-ring (bicyclic) bond motifs is 1. The largest absolute Gasteiger partial charge is 0.350 e. The summed E-state index contributed by atoms with van der Waals surface area (Å²) in [5, 5.41) is 13.5. The monoisotopic (exact) mass is 437 g/mol. The highest BCUT2D eigenvalue weighted by Gasteiger charge is 2.12. The van der Waals surface area contributed by atoms with E-state index in [1.807, 2.05) is 54.6 Å². The maximum atomic E-state index is 12.4. The van der Waals surface area contributed by atoms with Crippen molar-refractivity contribution in [2.24, 2.45) is 0 Å². The smallest absolute Gasteiger partial charge is 0.286 e. The first-order valence-corrected chi connectivity index (χ1v) is 10.3. The van der Waals surface area contributed by atoms with Crippen molar-refractivity contribution >= 4 is 22.7 Å². The highest BCUT2D eigenvalue weighted by Crippen LogP contribution is 2.15. The van der Waals surface area contributed by atoms with Crippen LogP contribution in [0, 0.1) is 0 Å². The maximum Gasteiger partial charge on any atom is 0.286 e. The third-order valence-corrected chi connectivity index (χ3v) is 5.09. The Bertz CT molecular complexity index is 1390. The number of aromatic amines is 1. The number of nitrogens with one attached hydrogen (secondary N) is 3. The second kappa shape index (κ2) is 8.75. The maximum absolute atomic E-state index is 12.4. The molecular weight excluding hydrogens is 418 g/mol. The Morgan fingerprint density at radius 1 is 0.848 bits per heavy atom. The molecule has 0 bridgehead atoms. The van der Waals surface area contributed by atoms with Gasteiger partial charge in [0, 0.05) is 22.0 Å². The van der Waals surface area contributed by atoms with Gasteiger partial charge in [0.25, 0.3) is 11.8 Å². The molecule has 0 saturated carbocycles. The van der Waals surface area contributed by atoms with Gasteiger partial charge in [0.1, 0.15) is 5.69 Å². The summed E-state index contributed by atoms with van der Waals surface area (Å²) in [4.78, 5) is 29.3. The molecular formula is C24H19N7O2. The van der Waals surface area contributed by atoms with Gasteiger partial charge in [0.05, 0.1) is 6.54 Å². The van der Waals surface area contributed by atoms with Crippen LogP contribution < -0.4 is 10.9 Å². The quantitative estimate of drug-likeness (QED) is 0.366. The average Bonchev–Trinajstić information content (AvgIpc) is 3.50. The van der Waals surface area contributed by atoms with Crippen LogP contribution in [0.25, 0.3) is 22.3 Å². The van der Waals surface area contributed by atoms with E-state index in [2.05, 4.69) is 31.2 Å². The molecule has 3 N–H and O–H groups in total. The highest BCUT2D eigenvalue weighted by molar-refractivity contribution is 6.00. The number of para-hydroxylation sites is 1. The van der Waals surface area contributed by atoms with Crippen LogP contribution in [0.2, 0.25) is 0 Å². The SMILES string of the molecule is O=C(NNC(=O)c1cc2ccccc2[nH]1)c1ccc(Cn2nnc(-c3ccccc3)n2)cc1. The van der Waals surface area contributed by atoms with Crippen LogP contribution in [-0.4, -0.2) is 37.0 Å². The Labute approximate surface area is 188 Å². The summed E-state index contributed by atoms with van der Waals surface area (Å²) < 4.78 is 0. The molecule has 0 aliphatic carbocycles. The van der Waals surface area contributed by atoms with E-state index >= 15 is 0 Å². The van der Waals surface area contributed by atoms with E-state index in [1.165, 1.54) is 4.80 Å². The van der Waals surface area contributed by atoms with Gasteiger partial charge in [-0.05, 0) is 35.0 Å². The van der Waals surface area contributed by atoms with Crippen LogP contribution >= 0.6 is 0 Å². The number of tetrazole rings is 1. The van der Waals surface area contributed by atoms with Crippen molar-refractivity contribution in [2.75, 3.05) is 0 Å². The molecule has 0 saturated heterocycles. The van der Waals surface area contributed by atoms with Crippen LogP contribution in [0.1, 0.15) is 26.4 Å². The topological polar surface area (TPSA) is 118 Å². The van der Waals surface area contributed by atoms with Crippen molar-refractivity contribution in [3.8, 4) is 11.4 Å². The lowest BCUT2D eigenvalue weighted by Gasteiger charge is -2.07. The number of carbonyl (C=O) groups excluding carboxylic acids is 2. The minimum atomic E-state index is -0.428. The second-order valence-corrected chi connectivity index (χ2v) is 7.38. The van der Waals surface area contributed by atoms with Crippen LogP contribution in [0.3, 0.4) is 0 Å². The number of rotatable bonds is 5. The van der Waals surface area contributed by atoms with E-state index in [0.29, 0.717) is 23.6 Å². The Morgan fingerprint density at radius 3 is 2.36 bits per heavy atom. The number of benzene rings is 3. The molecule has 0 aliphatic heterocycles. The van der Waals surface area contributed by atoms with Gasteiger partial charge in [-0.25, -0.2) is 0 Å². The van der Waals surface area contributed by atoms with Gasteiger partial charge in [0.15, 0.2) is 0 Å². The number of aromatic nitrogens is 5. The number of hydrogen-bond acceptors (Lipinski definition) is 5. The van der Waals surface area contributed by atoms with Gasteiger partial charge >= 0.3 is 0 Å². The molecule has 0 atom stereocenters. The van der Waals surface area contributed by atoms with Crippen LogP contribution in [0.15, 0.2) is 84.9 Å². The van der Waals surface area contributed by atoms with E-state index < -0.39 is 11.8 Å². The number of hydrazine groups is 1. The summed E-state index contributed by atoms with van der Waals surface area (Å²) in [7, 11) is 0. The average molecular weight is 437 g/mol. The van der Waals surface area contributed by atoms with Gasteiger partial charge in [-0.1, -0.05) is 60.7 Å². The first kappa shape index (κ1) is 20.1. The van der Waals surface area contributed by atoms with Crippen LogP contribution in [0.5, 0.6) is 0 Å². The predicted octanol–water partition coefficient (Wildman–Crippen LogP) is 2.94. The lowest BCUT2D eigenvalue weighted by molar-refractivity contribution is 0.0844. The molecule has 33 heavy (non-hydrogen) atoms. The summed E-state index contributed by atoms with van der Waals surface area (Å²) in [6.07, 6.45) is 0. The van der Waals surface area contributed by atoms with Crippen LogP contribution in [-0.2, 0) is 6.54 Å². The fourth-order valence-corrected chi connectivity index (χ4v) is 3.39. The molecule has 0 radical (unpaired) electrons. The lowest BCUT2D eigenvalue weighted by atomic mass is 10.1. The van der Waals surface area contributed by atoms with Gasteiger partial charge in [0.2, 0.25) is 5.82 Å². The molecule has 0 fully saturated rings. The minimum absolute atomic E-state index is 0.363. The fraction of sp³-hybridized carbons (Fsp3) is 0.0417. The van der Waals surface area contributed by atoms with Crippen molar-refractivity contribution < 1.29 is 9.59 Å². The van der Waals surface area contributed by atoms with Crippen molar-refractivity contribution in [3.05, 3.63) is 102 Å². The third kappa shape index (κ3) is 4.47. The molecule has 0 aliphatic rings. The molecule has 0 unspecified atom stereocenters. The molecule has 9 heteroatoms. The number of amides is 2. The zero-order valence-corrected chi connectivity index (χ0v) is 17.4. The van der Waals surface area contributed by atoms with E-state index in [-0.39, 0.29) is 0 Å². The van der Waals surface area contributed by atoms with Gasteiger partial charge < -0.3 is 4.98 Å². The Hall–Kier alpha value is -4.79. The third-order valence-electron chi connectivity index (χ3n) is 5.09. The summed E-state index contributed by atoms with van der Waals surface area (Å²) >= 11 is 0. The molecule has 5 aromatic rings. The molecule has 162 valence electrons. The fourth-order valence-electron chi connectivity index (χ4n) is 3.39. The van der Waals surface area contributed by atoms with Crippen molar-refractivity contribution in [1.29, 1.82) is 0 Å². The number of hydrogen-bond donors (Lipinski definition) is 3. The first-order chi connectivity index (χ1) is 16.2. The van der Waals surface area contributed by atoms with Crippen LogP contribution in [0.4, 0.5) is 0 Å². The first-order valence-electron chi connectivity index (χ1n) is 10.3. The Kier molecular flexibility index (Phi) is 5.34. The minimum Gasteiger partial charge on any atom is -0.350 e. The van der Waals surface area contributed by atoms with Crippen molar-refractivity contribution in [1.82, 2.24) is 36.0 Å². The van der Waals surface area contributed by atoms with E-state index in [9.17, 15) is 9.59 Å². The van der Waals surface area contributed by atoms with E-state index in [0.717, 1.165) is 22.0 Å². The normalized spacial score (nSPS) is 10.8. The summed E-state index contributed by atoms with van der Waals surface area (Å²) in [5.41, 5.74) is 8.29. The van der Waals surface area contributed by atoms with Gasteiger partial charge in [-0.3, -0.25) is 20.4 Å². The lowest BCUT2D eigenvalue weighted by Crippen LogP contribution is -2.41. The van der Waals surface area contributed by atoms with Gasteiger partial charge in [-0.2, -0.15) is 4.80 Å². The van der Waals surface area contributed by atoms with Crippen molar-refractivity contribution in [2.45, 2.75) is 6.54 Å². The molecule has 2 aromatic heterocycles. The summed E-state index contributed by atoms with van der Waals surface area (Å²) in [6.45, 7) is 0.416.